The number of rotatable bonds is 4. The smallest absolute Gasteiger partial charge is 0.298 e. The second-order valence-electron chi connectivity index (χ2n) is 3.25. The fraction of sp³-hybridized carbons (Fsp3) is 0.250. The van der Waals surface area contributed by atoms with Crippen LogP contribution in [0.5, 0.6) is 5.75 Å². The summed E-state index contributed by atoms with van der Waals surface area (Å²) >= 11 is 0. The summed E-state index contributed by atoms with van der Waals surface area (Å²) in [5.74, 6) is -0.697. The van der Waals surface area contributed by atoms with Gasteiger partial charge >= 0.3 is 0 Å². The van der Waals surface area contributed by atoms with E-state index in [9.17, 15) is 16.8 Å². The summed E-state index contributed by atoms with van der Waals surface area (Å²) in [4.78, 5) is -1.63. The number of benzene rings is 1. The molecule has 0 bridgehead atoms. The quantitative estimate of drug-likeness (QED) is 0.743. The zero-order valence-electron chi connectivity index (χ0n) is 9.11. The minimum atomic E-state index is -4.74. The molecule has 0 aliphatic heterocycles. The third kappa shape index (κ3) is 2.97. The third-order valence-corrected chi connectivity index (χ3v) is 3.76. The van der Waals surface area contributed by atoms with Crippen molar-refractivity contribution in [2.24, 2.45) is 0 Å². The largest absolute Gasteiger partial charge is 0.494 e. The van der Waals surface area contributed by atoms with Crippen molar-refractivity contribution < 1.29 is 30.7 Å². The van der Waals surface area contributed by atoms with Crippen LogP contribution in [0.2, 0.25) is 0 Å². The molecule has 1 radical (unpaired) electrons. The maximum Gasteiger partial charge on any atom is 0.298 e. The first-order valence-corrected chi connectivity index (χ1v) is 7.29. The number of methoxy groups -OCH3 is 1. The van der Waals surface area contributed by atoms with Crippen LogP contribution in [0.25, 0.3) is 0 Å². The van der Waals surface area contributed by atoms with Crippen molar-refractivity contribution in [1.82, 2.24) is 5.73 Å². The fourth-order valence-electron chi connectivity index (χ4n) is 1.32. The molecular formula is C8H10NO7S2. The Hall–Kier alpha value is -1.20. The third-order valence-electron chi connectivity index (χ3n) is 2.04. The van der Waals surface area contributed by atoms with Gasteiger partial charge in [0.15, 0.2) is 5.75 Å². The monoisotopic (exact) mass is 296 g/mol. The van der Waals surface area contributed by atoms with Gasteiger partial charge in [-0.2, -0.15) is 16.8 Å². The lowest BCUT2D eigenvalue weighted by Crippen LogP contribution is -2.09. The molecule has 0 unspecified atom stereocenters. The number of hydrogen-bond acceptors (Lipinski definition) is 5. The Morgan fingerprint density at radius 3 is 1.72 bits per heavy atom. The maximum atomic E-state index is 11.1. The molecule has 10 heteroatoms. The standard InChI is InChI=1S/C8H10NO7S2/c1-16-8-6(17(10,11)12)2-5(4-9)3-7(8)18(13,14)15/h2-3,9H,4H2,1H3,(H,10,11,12)(H,13,14,15). The summed E-state index contributed by atoms with van der Waals surface area (Å²) in [6, 6.07) is 1.80. The van der Waals surface area contributed by atoms with Gasteiger partial charge in [0.2, 0.25) is 0 Å². The number of hydrogen-bond donors (Lipinski definition) is 2. The number of ether oxygens (including phenoxy) is 1. The molecule has 0 spiro atoms. The van der Waals surface area contributed by atoms with Gasteiger partial charge in [0.05, 0.1) is 7.11 Å². The minimum Gasteiger partial charge on any atom is -0.494 e. The van der Waals surface area contributed by atoms with Gasteiger partial charge in [-0.1, -0.05) is 0 Å². The molecule has 3 N–H and O–H groups in total. The molecular weight excluding hydrogens is 286 g/mol. The van der Waals surface area contributed by atoms with E-state index in [4.69, 9.17) is 14.8 Å². The van der Waals surface area contributed by atoms with Crippen molar-refractivity contribution >= 4 is 20.2 Å². The predicted molar refractivity (Wildman–Crippen MR) is 59.4 cm³/mol. The summed E-state index contributed by atoms with van der Waals surface area (Å²) < 4.78 is 66.9. The van der Waals surface area contributed by atoms with Crippen LogP contribution in [0.1, 0.15) is 5.56 Å². The highest BCUT2D eigenvalue weighted by molar-refractivity contribution is 7.86. The van der Waals surface area contributed by atoms with E-state index in [0.29, 0.717) is 0 Å². The van der Waals surface area contributed by atoms with Gasteiger partial charge < -0.3 is 4.74 Å². The molecule has 0 aromatic heterocycles. The molecule has 1 rings (SSSR count). The zero-order valence-corrected chi connectivity index (χ0v) is 10.7. The summed E-state index contributed by atoms with van der Waals surface area (Å²) in [6.45, 7) is -0.435. The van der Waals surface area contributed by atoms with Crippen molar-refractivity contribution in [3.8, 4) is 5.75 Å². The molecule has 0 saturated carbocycles. The van der Waals surface area contributed by atoms with E-state index in [1.807, 2.05) is 0 Å². The average molecular weight is 296 g/mol. The molecule has 1 aromatic carbocycles. The second kappa shape index (κ2) is 4.82. The van der Waals surface area contributed by atoms with Crippen molar-refractivity contribution in [1.29, 1.82) is 0 Å². The number of nitrogens with one attached hydrogen (secondary N) is 1. The van der Waals surface area contributed by atoms with Crippen LogP contribution in [-0.2, 0) is 26.8 Å². The Bertz CT molecular complexity index is 610. The molecule has 0 saturated heterocycles. The second-order valence-corrected chi connectivity index (χ2v) is 6.03. The van der Waals surface area contributed by atoms with Crippen LogP contribution in [0.4, 0.5) is 0 Å². The molecule has 1 aromatic rings. The van der Waals surface area contributed by atoms with Crippen molar-refractivity contribution in [3.63, 3.8) is 0 Å². The van der Waals surface area contributed by atoms with Crippen LogP contribution in [-0.4, -0.2) is 33.1 Å². The van der Waals surface area contributed by atoms with E-state index in [2.05, 4.69) is 4.74 Å². The van der Waals surface area contributed by atoms with Crippen LogP contribution >= 0.6 is 0 Å². The van der Waals surface area contributed by atoms with Crippen molar-refractivity contribution in [2.45, 2.75) is 16.3 Å². The molecule has 0 aliphatic carbocycles. The zero-order chi connectivity index (χ0) is 14.1. The normalized spacial score (nSPS) is 12.4. The molecule has 101 valence electrons. The topological polar surface area (TPSA) is 142 Å². The van der Waals surface area contributed by atoms with Crippen LogP contribution in [0.3, 0.4) is 0 Å². The van der Waals surface area contributed by atoms with E-state index < -0.39 is 42.3 Å². The molecule has 8 nitrogen and oxygen atoms in total. The van der Waals surface area contributed by atoms with Crippen molar-refractivity contribution in [2.75, 3.05) is 7.11 Å². The van der Waals surface area contributed by atoms with Crippen molar-refractivity contribution in [3.05, 3.63) is 17.7 Å². The van der Waals surface area contributed by atoms with Gasteiger partial charge in [-0.05, 0) is 17.7 Å². The van der Waals surface area contributed by atoms with E-state index in [-0.39, 0.29) is 5.56 Å². The predicted octanol–water partition coefficient (Wildman–Crippen LogP) is -0.0285. The maximum absolute atomic E-state index is 11.1. The first kappa shape index (κ1) is 14.9. The highest BCUT2D eigenvalue weighted by atomic mass is 32.2. The minimum absolute atomic E-state index is 0.0175. The van der Waals surface area contributed by atoms with Crippen LogP contribution in [0.15, 0.2) is 21.9 Å². The SMILES string of the molecule is COc1c(S(=O)(=O)O)cc(C[NH])cc1S(=O)(=O)O. The summed E-state index contributed by atoms with van der Waals surface area (Å²) in [6.07, 6.45) is 0. The Kier molecular flexibility index (Phi) is 3.98. The first-order chi connectivity index (χ1) is 8.11. The molecule has 0 aliphatic rings. The fourth-order valence-corrected chi connectivity index (χ4v) is 2.84. The van der Waals surface area contributed by atoms with E-state index in [1.54, 1.807) is 0 Å². The highest BCUT2D eigenvalue weighted by Gasteiger charge is 2.26. The lowest BCUT2D eigenvalue weighted by atomic mass is 10.2. The van der Waals surface area contributed by atoms with Gasteiger partial charge in [-0.25, -0.2) is 0 Å². The molecule has 0 amide bonds. The van der Waals surface area contributed by atoms with Gasteiger partial charge in [0.25, 0.3) is 20.2 Å². The molecule has 0 atom stereocenters. The molecule has 0 heterocycles. The van der Waals surface area contributed by atoms with Crippen LogP contribution < -0.4 is 10.5 Å². The average Bonchev–Trinajstić information content (AvgIpc) is 2.24. The van der Waals surface area contributed by atoms with Gasteiger partial charge in [-0.3, -0.25) is 14.8 Å². The Morgan fingerprint density at radius 2 is 1.50 bits per heavy atom. The van der Waals surface area contributed by atoms with Gasteiger partial charge in [-0.15, -0.1) is 0 Å². The van der Waals surface area contributed by atoms with E-state index in [1.165, 1.54) is 0 Å². The Morgan fingerprint density at radius 1 is 1.11 bits per heavy atom. The highest BCUT2D eigenvalue weighted by Crippen LogP contribution is 2.32. The lowest BCUT2D eigenvalue weighted by molar-refractivity contribution is 0.381. The molecule has 0 fully saturated rings. The summed E-state index contributed by atoms with van der Waals surface area (Å²) in [5, 5.41) is 0. The van der Waals surface area contributed by atoms with E-state index in [0.717, 1.165) is 19.2 Å². The lowest BCUT2D eigenvalue weighted by Gasteiger charge is -2.11. The Labute approximate surface area is 104 Å². The molecule has 18 heavy (non-hydrogen) atoms. The van der Waals surface area contributed by atoms with E-state index >= 15 is 0 Å². The summed E-state index contributed by atoms with van der Waals surface area (Å²) in [7, 11) is -8.50. The Balaban J connectivity index is 3.84. The van der Waals surface area contributed by atoms with Gasteiger partial charge in [0, 0.05) is 6.54 Å². The summed E-state index contributed by atoms with van der Waals surface area (Å²) in [5.41, 5.74) is 7.06. The first-order valence-electron chi connectivity index (χ1n) is 4.41. The van der Waals surface area contributed by atoms with Crippen LogP contribution in [0, 0.1) is 0 Å². The van der Waals surface area contributed by atoms with Gasteiger partial charge in [0.1, 0.15) is 9.79 Å².